The van der Waals surface area contributed by atoms with Crippen LogP contribution in [0.4, 0.5) is 0 Å². The van der Waals surface area contributed by atoms with Crippen molar-refractivity contribution in [2.24, 2.45) is 5.92 Å². The Hall–Kier alpha value is 0.135. The minimum absolute atomic E-state index is 0.0165. The highest BCUT2D eigenvalue weighted by molar-refractivity contribution is 8.00. The van der Waals surface area contributed by atoms with Gasteiger partial charge < -0.3 is 5.11 Å². The van der Waals surface area contributed by atoms with Crippen molar-refractivity contribution in [2.75, 3.05) is 17.8 Å². The molecule has 0 aromatic rings. The van der Waals surface area contributed by atoms with Gasteiger partial charge in [0.05, 0.1) is 19.2 Å². The first-order chi connectivity index (χ1) is 9.10. The SMILES string of the molecule is [B][C@@H]1CC(=O)[C@H](SCCCSC)[C@H]1/C=C/C(O)CC. The summed E-state index contributed by atoms with van der Waals surface area (Å²) in [5, 5.41) is 9.56. The number of Topliss-reactive ketones (excluding diaryl/α,β-unsaturated/α-hetero) is 1. The second-order valence-electron chi connectivity index (χ2n) is 4.91. The molecular formula is C14H23BO2S2. The van der Waals surface area contributed by atoms with E-state index >= 15 is 0 Å². The van der Waals surface area contributed by atoms with Crippen LogP contribution < -0.4 is 0 Å². The summed E-state index contributed by atoms with van der Waals surface area (Å²) in [6, 6.07) is 0. The van der Waals surface area contributed by atoms with Crippen molar-refractivity contribution in [1.82, 2.24) is 0 Å². The molecule has 0 saturated heterocycles. The van der Waals surface area contributed by atoms with Gasteiger partial charge in [0.2, 0.25) is 0 Å². The van der Waals surface area contributed by atoms with E-state index in [9.17, 15) is 9.90 Å². The third kappa shape index (κ3) is 5.56. The monoisotopic (exact) mass is 298 g/mol. The molecule has 2 radical (unpaired) electrons. The first kappa shape index (κ1) is 17.2. The Morgan fingerprint density at radius 3 is 2.89 bits per heavy atom. The van der Waals surface area contributed by atoms with E-state index in [4.69, 9.17) is 7.85 Å². The van der Waals surface area contributed by atoms with Gasteiger partial charge in [0.25, 0.3) is 0 Å². The predicted octanol–water partition coefficient (Wildman–Crippen LogP) is 2.71. The van der Waals surface area contributed by atoms with Crippen LogP contribution >= 0.6 is 23.5 Å². The number of thioether (sulfide) groups is 2. The lowest BCUT2D eigenvalue weighted by molar-refractivity contribution is -0.117. The molecule has 1 fully saturated rings. The number of aliphatic hydroxyl groups is 1. The van der Waals surface area contributed by atoms with Gasteiger partial charge in [-0.25, -0.2) is 0 Å². The summed E-state index contributed by atoms with van der Waals surface area (Å²) in [5.74, 6) is 2.39. The van der Waals surface area contributed by atoms with Crippen molar-refractivity contribution < 1.29 is 9.90 Å². The van der Waals surface area contributed by atoms with Gasteiger partial charge in [-0.3, -0.25) is 4.79 Å². The van der Waals surface area contributed by atoms with E-state index in [1.807, 2.05) is 24.8 Å². The molecule has 0 spiro atoms. The quantitative estimate of drug-likeness (QED) is 0.425. The van der Waals surface area contributed by atoms with Crippen LogP contribution in [0.1, 0.15) is 26.2 Å². The second kappa shape index (κ2) is 9.14. The summed E-state index contributed by atoms with van der Waals surface area (Å²) in [6.07, 6.45) is 7.70. The van der Waals surface area contributed by atoms with Gasteiger partial charge in [0, 0.05) is 6.42 Å². The molecule has 0 aromatic carbocycles. The Labute approximate surface area is 126 Å². The Bertz CT molecular complexity index is 310. The van der Waals surface area contributed by atoms with Crippen molar-refractivity contribution in [3.05, 3.63) is 12.2 Å². The molecule has 4 atom stereocenters. The normalized spacial score (nSPS) is 29.2. The lowest BCUT2D eigenvalue weighted by Gasteiger charge is -2.18. The molecule has 5 heteroatoms. The summed E-state index contributed by atoms with van der Waals surface area (Å²) in [6.45, 7) is 1.93. The molecule has 2 nitrogen and oxygen atoms in total. The van der Waals surface area contributed by atoms with E-state index in [-0.39, 0.29) is 22.8 Å². The Kier molecular flexibility index (Phi) is 8.27. The molecular weight excluding hydrogens is 275 g/mol. The van der Waals surface area contributed by atoms with Gasteiger partial charge in [-0.05, 0) is 36.5 Å². The third-order valence-electron chi connectivity index (χ3n) is 3.36. The molecule has 1 aliphatic rings. The molecule has 0 heterocycles. The Morgan fingerprint density at radius 2 is 2.26 bits per heavy atom. The molecule has 0 aliphatic heterocycles. The number of aliphatic hydroxyl groups excluding tert-OH is 1. The van der Waals surface area contributed by atoms with E-state index in [1.54, 1.807) is 17.8 Å². The van der Waals surface area contributed by atoms with Gasteiger partial charge in [0.1, 0.15) is 5.78 Å². The van der Waals surface area contributed by atoms with Crippen molar-refractivity contribution >= 4 is 37.2 Å². The average Bonchev–Trinajstić information content (AvgIpc) is 2.66. The van der Waals surface area contributed by atoms with Crippen LogP contribution in [-0.2, 0) is 4.79 Å². The molecule has 1 rings (SSSR count). The molecule has 1 unspecified atom stereocenters. The molecule has 19 heavy (non-hydrogen) atoms. The first-order valence-corrected chi connectivity index (χ1v) is 9.29. The Morgan fingerprint density at radius 1 is 1.53 bits per heavy atom. The van der Waals surface area contributed by atoms with Crippen LogP contribution in [0.5, 0.6) is 0 Å². The van der Waals surface area contributed by atoms with Gasteiger partial charge in [-0.15, -0.1) is 0 Å². The van der Waals surface area contributed by atoms with Crippen molar-refractivity contribution in [2.45, 2.75) is 43.4 Å². The van der Waals surface area contributed by atoms with E-state index in [0.717, 1.165) is 17.9 Å². The van der Waals surface area contributed by atoms with Crippen LogP contribution in [0, 0.1) is 5.92 Å². The number of hydrogen-bond acceptors (Lipinski definition) is 4. The topological polar surface area (TPSA) is 37.3 Å². The largest absolute Gasteiger partial charge is 0.389 e. The summed E-state index contributed by atoms with van der Waals surface area (Å²) < 4.78 is 0. The number of carbonyl (C=O) groups excluding carboxylic acids is 1. The van der Waals surface area contributed by atoms with Crippen LogP contribution in [-0.4, -0.2) is 47.9 Å². The predicted molar refractivity (Wildman–Crippen MR) is 87.3 cm³/mol. The van der Waals surface area contributed by atoms with E-state index in [1.165, 1.54) is 0 Å². The fourth-order valence-electron chi connectivity index (χ4n) is 2.18. The molecule has 1 N–H and O–H groups in total. The highest BCUT2D eigenvalue weighted by Gasteiger charge is 2.38. The lowest BCUT2D eigenvalue weighted by atomic mass is 9.78. The first-order valence-electron chi connectivity index (χ1n) is 6.85. The van der Waals surface area contributed by atoms with E-state index < -0.39 is 6.10 Å². The number of hydrogen-bond donors (Lipinski definition) is 1. The van der Waals surface area contributed by atoms with Crippen LogP contribution in [0.2, 0.25) is 5.82 Å². The number of allylic oxidation sites excluding steroid dienone is 1. The lowest BCUT2D eigenvalue weighted by Crippen LogP contribution is -2.18. The smallest absolute Gasteiger partial charge is 0.145 e. The Balaban J connectivity index is 2.54. The maximum absolute atomic E-state index is 12.0. The molecule has 1 saturated carbocycles. The average molecular weight is 298 g/mol. The summed E-state index contributed by atoms with van der Waals surface area (Å²) >= 11 is 3.56. The van der Waals surface area contributed by atoms with Gasteiger partial charge in [-0.1, -0.05) is 24.9 Å². The fourth-order valence-corrected chi connectivity index (χ4v) is 4.16. The van der Waals surface area contributed by atoms with Crippen LogP contribution in [0.15, 0.2) is 12.2 Å². The van der Waals surface area contributed by atoms with E-state index in [2.05, 4.69) is 6.26 Å². The fraction of sp³-hybridized carbons (Fsp3) is 0.786. The van der Waals surface area contributed by atoms with Crippen LogP contribution in [0.25, 0.3) is 0 Å². The third-order valence-corrected chi connectivity index (χ3v) is 5.52. The van der Waals surface area contributed by atoms with Crippen LogP contribution in [0.3, 0.4) is 0 Å². The second-order valence-corrected chi connectivity index (χ2v) is 7.14. The highest BCUT2D eigenvalue weighted by atomic mass is 32.2. The minimum atomic E-state index is -0.426. The zero-order chi connectivity index (χ0) is 14.3. The molecule has 0 amide bonds. The summed E-state index contributed by atoms with van der Waals surface area (Å²) in [4.78, 5) is 12.0. The zero-order valence-corrected chi connectivity index (χ0v) is 13.4. The standard InChI is InChI=1S/C14H23BO2S2/c1-3-10(16)5-6-11-12(15)9-13(17)14(11)19-8-4-7-18-2/h5-6,10-12,14,16H,3-4,7-9H2,1-2H3/b6-5+/t10?,11-,12+,14+/m0/s1. The molecule has 1 aliphatic carbocycles. The number of ketones is 1. The van der Waals surface area contributed by atoms with Gasteiger partial charge in [-0.2, -0.15) is 23.5 Å². The van der Waals surface area contributed by atoms with Crippen molar-refractivity contribution in [3.8, 4) is 0 Å². The minimum Gasteiger partial charge on any atom is -0.389 e. The maximum atomic E-state index is 12.0. The highest BCUT2D eigenvalue weighted by Crippen LogP contribution is 2.40. The summed E-state index contributed by atoms with van der Waals surface area (Å²) in [5.41, 5.74) is 0. The van der Waals surface area contributed by atoms with Crippen molar-refractivity contribution in [1.29, 1.82) is 0 Å². The molecule has 0 aromatic heterocycles. The number of carbonyl (C=O) groups is 1. The number of rotatable bonds is 8. The molecule has 106 valence electrons. The van der Waals surface area contributed by atoms with Gasteiger partial charge in [0.15, 0.2) is 0 Å². The summed E-state index contributed by atoms with van der Waals surface area (Å²) in [7, 11) is 6.05. The van der Waals surface area contributed by atoms with Gasteiger partial charge >= 0.3 is 0 Å². The van der Waals surface area contributed by atoms with Crippen molar-refractivity contribution in [3.63, 3.8) is 0 Å². The van der Waals surface area contributed by atoms with E-state index in [0.29, 0.717) is 12.8 Å². The molecule has 0 bridgehead atoms. The zero-order valence-electron chi connectivity index (χ0n) is 11.7. The maximum Gasteiger partial charge on any atom is 0.145 e.